The lowest BCUT2D eigenvalue weighted by Gasteiger charge is -2.11. The first-order valence-electron chi connectivity index (χ1n) is 6.12. The maximum absolute atomic E-state index is 13.0. The highest BCUT2D eigenvalue weighted by Gasteiger charge is 2.11. The van der Waals surface area contributed by atoms with Crippen molar-refractivity contribution in [3.63, 3.8) is 0 Å². The second kappa shape index (κ2) is 6.87. The molecule has 0 atom stereocenters. The smallest absolute Gasteiger partial charge is 0.223 e. The van der Waals surface area contributed by atoms with Crippen molar-refractivity contribution >= 4 is 11.7 Å². The van der Waals surface area contributed by atoms with E-state index in [2.05, 4.69) is 5.32 Å². The normalized spacial score (nSPS) is 10.4. The summed E-state index contributed by atoms with van der Waals surface area (Å²) >= 11 is 0. The number of halogens is 1. The summed E-state index contributed by atoms with van der Waals surface area (Å²) in [4.78, 5) is 22.7. The van der Waals surface area contributed by atoms with Crippen molar-refractivity contribution in [1.29, 1.82) is 0 Å². The van der Waals surface area contributed by atoms with Gasteiger partial charge in [-0.25, -0.2) is 4.39 Å². The SMILES string of the molecule is CC(=O)c1cc(F)ccc1OCCC(=O)NC(C)C. The van der Waals surface area contributed by atoms with Crippen molar-refractivity contribution < 1.29 is 18.7 Å². The quantitative estimate of drug-likeness (QED) is 0.805. The lowest BCUT2D eigenvalue weighted by atomic mass is 10.1. The summed E-state index contributed by atoms with van der Waals surface area (Å²) < 4.78 is 18.4. The molecule has 0 saturated heterocycles. The summed E-state index contributed by atoms with van der Waals surface area (Å²) in [5, 5.41) is 2.73. The molecule has 0 unspecified atom stereocenters. The van der Waals surface area contributed by atoms with Crippen LogP contribution in [0.1, 0.15) is 37.6 Å². The Morgan fingerprint density at radius 1 is 1.37 bits per heavy atom. The van der Waals surface area contributed by atoms with Crippen molar-refractivity contribution in [2.45, 2.75) is 33.2 Å². The standard InChI is InChI=1S/C14H18FNO3/c1-9(2)16-14(18)6-7-19-13-5-4-11(15)8-12(13)10(3)17/h4-5,8-9H,6-7H2,1-3H3,(H,16,18). The van der Waals surface area contributed by atoms with Crippen LogP contribution in [0, 0.1) is 5.82 Å². The van der Waals surface area contributed by atoms with Gasteiger partial charge in [-0.2, -0.15) is 0 Å². The van der Waals surface area contributed by atoms with Gasteiger partial charge in [-0.1, -0.05) is 0 Å². The minimum Gasteiger partial charge on any atom is -0.492 e. The molecule has 4 nitrogen and oxygen atoms in total. The van der Waals surface area contributed by atoms with Crippen LogP contribution >= 0.6 is 0 Å². The van der Waals surface area contributed by atoms with Crippen molar-refractivity contribution in [3.8, 4) is 5.75 Å². The Kier molecular flexibility index (Phi) is 5.48. The summed E-state index contributed by atoms with van der Waals surface area (Å²) in [7, 11) is 0. The number of carbonyl (C=O) groups excluding carboxylic acids is 2. The van der Waals surface area contributed by atoms with Gasteiger partial charge < -0.3 is 10.1 Å². The van der Waals surface area contributed by atoms with Crippen molar-refractivity contribution in [2.24, 2.45) is 0 Å². The molecule has 0 aliphatic heterocycles. The number of rotatable bonds is 6. The molecule has 0 aliphatic rings. The number of Topliss-reactive ketones (excluding diaryl/α,β-unsaturated/α-hetero) is 1. The van der Waals surface area contributed by atoms with E-state index in [1.165, 1.54) is 19.1 Å². The van der Waals surface area contributed by atoms with Gasteiger partial charge in [-0.05, 0) is 39.0 Å². The van der Waals surface area contributed by atoms with Gasteiger partial charge in [0.25, 0.3) is 0 Å². The molecule has 1 rings (SSSR count). The Hall–Kier alpha value is -1.91. The number of hydrogen-bond donors (Lipinski definition) is 1. The van der Waals surface area contributed by atoms with Gasteiger partial charge >= 0.3 is 0 Å². The van der Waals surface area contributed by atoms with Crippen molar-refractivity contribution in [3.05, 3.63) is 29.6 Å². The number of ketones is 1. The third-order valence-electron chi connectivity index (χ3n) is 2.36. The average Bonchev–Trinajstić information content (AvgIpc) is 2.29. The minimum atomic E-state index is -0.491. The fourth-order valence-corrected chi connectivity index (χ4v) is 1.55. The van der Waals surface area contributed by atoms with E-state index in [1.54, 1.807) is 0 Å². The van der Waals surface area contributed by atoms with Crippen LogP contribution in [0.2, 0.25) is 0 Å². The first-order valence-corrected chi connectivity index (χ1v) is 6.12. The van der Waals surface area contributed by atoms with Crippen LogP contribution in [0.3, 0.4) is 0 Å². The largest absolute Gasteiger partial charge is 0.492 e. The third-order valence-corrected chi connectivity index (χ3v) is 2.36. The topological polar surface area (TPSA) is 55.4 Å². The molecular formula is C14H18FNO3. The Labute approximate surface area is 112 Å². The zero-order chi connectivity index (χ0) is 14.4. The molecule has 19 heavy (non-hydrogen) atoms. The minimum absolute atomic E-state index is 0.0751. The molecule has 0 spiro atoms. The van der Waals surface area contributed by atoms with Crippen LogP contribution in [-0.4, -0.2) is 24.3 Å². The first-order chi connectivity index (χ1) is 8.90. The Morgan fingerprint density at radius 3 is 2.63 bits per heavy atom. The summed E-state index contributed by atoms with van der Waals surface area (Å²) in [6.45, 7) is 5.22. The summed E-state index contributed by atoms with van der Waals surface area (Å²) in [5.41, 5.74) is 0.185. The van der Waals surface area contributed by atoms with Gasteiger partial charge in [0.1, 0.15) is 11.6 Å². The fourth-order valence-electron chi connectivity index (χ4n) is 1.55. The van der Waals surface area contributed by atoms with Gasteiger partial charge in [0.2, 0.25) is 5.91 Å². The molecule has 1 amide bonds. The van der Waals surface area contributed by atoms with Crippen LogP contribution in [-0.2, 0) is 4.79 Å². The second-order valence-corrected chi connectivity index (χ2v) is 4.52. The highest BCUT2D eigenvalue weighted by Crippen LogP contribution is 2.20. The average molecular weight is 267 g/mol. The number of ether oxygens (including phenoxy) is 1. The van der Waals surface area contributed by atoms with Crippen molar-refractivity contribution in [2.75, 3.05) is 6.61 Å². The third kappa shape index (κ3) is 5.07. The molecule has 5 heteroatoms. The highest BCUT2D eigenvalue weighted by atomic mass is 19.1. The Bertz CT molecular complexity index is 472. The molecule has 0 saturated carbocycles. The van der Waals surface area contributed by atoms with Gasteiger partial charge in [0.05, 0.1) is 18.6 Å². The molecule has 0 aliphatic carbocycles. The monoisotopic (exact) mass is 267 g/mol. The van der Waals surface area contributed by atoms with Crippen LogP contribution < -0.4 is 10.1 Å². The lowest BCUT2D eigenvalue weighted by molar-refractivity contribution is -0.122. The summed E-state index contributed by atoms with van der Waals surface area (Å²) in [6.07, 6.45) is 0.187. The first kappa shape index (κ1) is 15.1. The van der Waals surface area contributed by atoms with Crippen LogP contribution in [0.5, 0.6) is 5.75 Å². The van der Waals surface area contributed by atoms with Gasteiger partial charge in [-0.15, -0.1) is 0 Å². The molecule has 1 aromatic carbocycles. The van der Waals surface area contributed by atoms with E-state index < -0.39 is 5.82 Å². The highest BCUT2D eigenvalue weighted by molar-refractivity contribution is 5.96. The van der Waals surface area contributed by atoms with Gasteiger partial charge in [0, 0.05) is 6.04 Å². The summed E-state index contributed by atoms with van der Waals surface area (Å²) in [6, 6.07) is 3.82. The molecule has 0 heterocycles. The zero-order valence-corrected chi connectivity index (χ0v) is 11.3. The van der Waals surface area contributed by atoms with E-state index in [1.807, 2.05) is 13.8 Å². The number of amides is 1. The number of benzene rings is 1. The lowest BCUT2D eigenvalue weighted by Crippen LogP contribution is -2.31. The van der Waals surface area contributed by atoms with E-state index >= 15 is 0 Å². The maximum atomic E-state index is 13.0. The zero-order valence-electron chi connectivity index (χ0n) is 11.3. The molecule has 1 N–H and O–H groups in total. The van der Waals surface area contributed by atoms with E-state index in [0.717, 1.165) is 6.07 Å². The van der Waals surface area contributed by atoms with E-state index in [0.29, 0.717) is 5.75 Å². The van der Waals surface area contributed by atoms with Gasteiger partial charge in [0.15, 0.2) is 5.78 Å². The van der Waals surface area contributed by atoms with Crippen LogP contribution in [0.25, 0.3) is 0 Å². The van der Waals surface area contributed by atoms with Crippen LogP contribution in [0.4, 0.5) is 4.39 Å². The van der Waals surface area contributed by atoms with Crippen molar-refractivity contribution in [1.82, 2.24) is 5.32 Å². The van der Waals surface area contributed by atoms with E-state index in [-0.39, 0.29) is 36.3 Å². The molecule has 0 fully saturated rings. The van der Waals surface area contributed by atoms with Crippen LogP contribution in [0.15, 0.2) is 18.2 Å². The maximum Gasteiger partial charge on any atom is 0.223 e. The Balaban J connectivity index is 2.58. The van der Waals surface area contributed by atoms with Gasteiger partial charge in [-0.3, -0.25) is 9.59 Å². The Morgan fingerprint density at radius 2 is 2.05 bits per heavy atom. The number of hydrogen-bond acceptors (Lipinski definition) is 3. The predicted molar refractivity (Wildman–Crippen MR) is 69.8 cm³/mol. The predicted octanol–water partition coefficient (Wildman–Crippen LogP) is 2.32. The molecule has 1 aromatic rings. The summed E-state index contributed by atoms with van der Waals surface area (Å²) in [5.74, 6) is -0.594. The second-order valence-electron chi connectivity index (χ2n) is 4.52. The molecule has 0 bridgehead atoms. The number of nitrogens with one attached hydrogen (secondary N) is 1. The fraction of sp³-hybridized carbons (Fsp3) is 0.429. The molecule has 0 radical (unpaired) electrons. The molecule has 0 aromatic heterocycles. The van der Waals surface area contributed by atoms with E-state index in [9.17, 15) is 14.0 Å². The molecular weight excluding hydrogens is 249 g/mol. The van der Waals surface area contributed by atoms with E-state index in [4.69, 9.17) is 4.74 Å². The molecule has 104 valence electrons. The number of carbonyl (C=O) groups is 2.